The lowest BCUT2D eigenvalue weighted by Gasteiger charge is -2.30. The molecule has 5 N–H and O–H groups in total. The average Bonchev–Trinajstić information content (AvgIpc) is 3.65. The zero-order valence-corrected chi connectivity index (χ0v) is 25.1. The monoisotopic (exact) mass is 575 g/mol. The van der Waals surface area contributed by atoms with E-state index in [1.54, 1.807) is 20.8 Å². The fourth-order valence-electron chi connectivity index (χ4n) is 5.49. The largest absolute Gasteiger partial charge is 0.356 e. The normalized spacial score (nSPS) is 21.7. The van der Waals surface area contributed by atoms with Crippen molar-refractivity contribution in [3.8, 4) is 0 Å². The van der Waals surface area contributed by atoms with Gasteiger partial charge in [-0.1, -0.05) is 66.2 Å². The van der Waals surface area contributed by atoms with Crippen molar-refractivity contribution in [2.45, 2.75) is 129 Å². The Hall–Kier alpha value is -2.98. The van der Waals surface area contributed by atoms with Crippen LogP contribution in [0.3, 0.4) is 0 Å². The maximum atomic E-state index is 13.6. The van der Waals surface area contributed by atoms with Crippen LogP contribution in [0.25, 0.3) is 0 Å². The van der Waals surface area contributed by atoms with E-state index >= 15 is 0 Å². The molecule has 0 bridgehead atoms. The van der Waals surface area contributed by atoms with Gasteiger partial charge in [0.1, 0.15) is 12.1 Å². The van der Waals surface area contributed by atoms with Crippen molar-refractivity contribution in [3.63, 3.8) is 0 Å². The van der Waals surface area contributed by atoms with Gasteiger partial charge < -0.3 is 26.6 Å². The summed E-state index contributed by atoms with van der Waals surface area (Å²) in [6, 6.07) is -2.98. The molecule has 11 heteroatoms. The van der Waals surface area contributed by atoms with E-state index in [4.69, 9.17) is 0 Å². The summed E-state index contributed by atoms with van der Waals surface area (Å²) in [5.41, 5.74) is -0.688. The van der Waals surface area contributed by atoms with Gasteiger partial charge in [-0.3, -0.25) is 28.8 Å². The lowest BCUT2D eigenvalue weighted by molar-refractivity contribution is -0.141. The van der Waals surface area contributed by atoms with Crippen molar-refractivity contribution in [2.75, 3.05) is 6.54 Å². The molecule has 0 aromatic carbocycles. The molecule has 2 aliphatic carbocycles. The van der Waals surface area contributed by atoms with Gasteiger partial charge in [-0.15, -0.1) is 0 Å². The second-order valence-corrected chi connectivity index (χ2v) is 13.1. The summed E-state index contributed by atoms with van der Waals surface area (Å²) in [6.07, 6.45) is 8.85. The zero-order valence-electron chi connectivity index (χ0n) is 25.1. The van der Waals surface area contributed by atoms with Crippen LogP contribution < -0.4 is 26.6 Å². The van der Waals surface area contributed by atoms with Gasteiger partial charge in [0.25, 0.3) is 5.91 Å². The van der Waals surface area contributed by atoms with E-state index in [9.17, 15) is 28.8 Å². The predicted octanol–water partition coefficient (Wildman–Crippen LogP) is 1.63. The maximum Gasteiger partial charge on any atom is 0.289 e. The number of ketones is 1. The molecule has 0 radical (unpaired) electrons. The molecule has 11 nitrogen and oxygen atoms in total. The molecule has 0 unspecified atom stereocenters. The van der Waals surface area contributed by atoms with Gasteiger partial charge in [0.15, 0.2) is 0 Å². The van der Waals surface area contributed by atoms with Crippen LogP contribution >= 0.6 is 0 Å². The third-order valence-electron chi connectivity index (χ3n) is 8.26. The highest BCUT2D eigenvalue weighted by Crippen LogP contribution is 2.28. The molecule has 230 valence electrons. The molecule has 5 amide bonds. The highest BCUT2D eigenvalue weighted by molar-refractivity contribution is 6.38. The molecule has 1 saturated heterocycles. The van der Waals surface area contributed by atoms with Crippen LogP contribution in [0.1, 0.15) is 105 Å². The molecule has 0 spiro atoms. The summed E-state index contributed by atoms with van der Waals surface area (Å²) in [5.74, 6) is -3.23. The quantitative estimate of drug-likeness (QED) is 0.198. The lowest BCUT2D eigenvalue weighted by atomic mass is 9.84. The topological polar surface area (TPSA) is 163 Å². The second-order valence-electron chi connectivity index (χ2n) is 13.1. The summed E-state index contributed by atoms with van der Waals surface area (Å²) in [6.45, 7) is 7.71. The van der Waals surface area contributed by atoms with Gasteiger partial charge in [-0.2, -0.15) is 0 Å². The Morgan fingerprint density at radius 3 is 2.02 bits per heavy atom. The van der Waals surface area contributed by atoms with Gasteiger partial charge in [-0.25, -0.2) is 0 Å². The summed E-state index contributed by atoms with van der Waals surface area (Å²) in [7, 11) is 0. The molecule has 3 fully saturated rings. The second kappa shape index (κ2) is 14.8. The first-order valence-electron chi connectivity index (χ1n) is 15.4. The number of carbonyl (C=O) groups excluding carboxylic acids is 6. The van der Waals surface area contributed by atoms with Crippen LogP contribution in [0, 0.1) is 17.3 Å². The van der Waals surface area contributed by atoms with Crippen LogP contribution in [0.4, 0.5) is 0 Å². The third-order valence-corrected chi connectivity index (χ3v) is 8.26. The smallest absolute Gasteiger partial charge is 0.289 e. The summed E-state index contributed by atoms with van der Waals surface area (Å²) >= 11 is 0. The van der Waals surface area contributed by atoms with E-state index in [-0.39, 0.29) is 24.3 Å². The Morgan fingerprint density at radius 1 is 0.829 bits per heavy atom. The molecule has 0 aromatic rings. The minimum Gasteiger partial charge on any atom is -0.356 e. The minimum absolute atomic E-state index is 0.00717. The summed E-state index contributed by atoms with van der Waals surface area (Å²) in [5, 5.41) is 13.8. The number of amides is 5. The number of Topliss-reactive ketones (excluding diaryl/α,β-unsaturated/α-hetero) is 1. The maximum absolute atomic E-state index is 13.6. The predicted molar refractivity (Wildman–Crippen MR) is 153 cm³/mol. The van der Waals surface area contributed by atoms with Gasteiger partial charge in [0.2, 0.25) is 29.4 Å². The van der Waals surface area contributed by atoms with E-state index in [0.717, 1.165) is 38.5 Å². The number of hydrogen-bond acceptors (Lipinski definition) is 6. The SMILES string of the molecule is CCC[C@H](NC(=O)[C@@H](CC1CCCCC1)NC(=O)C(C)(C)C)C(=O)N[C@@H](C[C@@H]1CCNC1=O)C(=O)C(=O)NC1CC1. The first kappa shape index (κ1) is 32.5. The van der Waals surface area contributed by atoms with Gasteiger partial charge in [0, 0.05) is 23.9 Å². The molecule has 2 saturated carbocycles. The van der Waals surface area contributed by atoms with Gasteiger partial charge in [-0.05, 0) is 44.4 Å². The van der Waals surface area contributed by atoms with E-state index in [1.165, 1.54) is 6.42 Å². The number of rotatable bonds is 14. The molecule has 3 aliphatic rings. The van der Waals surface area contributed by atoms with Crippen LogP contribution in [0.5, 0.6) is 0 Å². The van der Waals surface area contributed by atoms with Crippen molar-refractivity contribution >= 4 is 35.3 Å². The van der Waals surface area contributed by atoms with Crippen LogP contribution in [-0.2, 0) is 28.8 Å². The highest BCUT2D eigenvalue weighted by atomic mass is 16.2. The molecule has 0 aromatic heterocycles. The molecule has 3 rings (SSSR count). The molecular weight excluding hydrogens is 526 g/mol. The Labute approximate surface area is 243 Å². The summed E-state index contributed by atoms with van der Waals surface area (Å²) in [4.78, 5) is 77.8. The highest BCUT2D eigenvalue weighted by Gasteiger charge is 2.38. The Kier molecular flexibility index (Phi) is 11.7. The van der Waals surface area contributed by atoms with Gasteiger partial charge in [0.05, 0.1) is 6.04 Å². The zero-order chi connectivity index (χ0) is 30.2. The molecular formula is C30H49N5O6. The van der Waals surface area contributed by atoms with Crippen molar-refractivity contribution in [3.05, 3.63) is 0 Å². The van der Waals surface area contributed by atoms with Gasteiger partial charge >= 0.3 is 0 Å². The first-order chi connectivity index (χ1) is 19.4. The van der Waals surface area contributed by atoms with Crippen molar-refractivity contribution in [1.29, 1.82) is 0 Å². The fraction of sp³-hybridized carbons (Fsp3) is 0.800. The number of nitrogens with one attached hydrogen (secondary N) is 5. The minimum atomic E-state index is -1.19. The Morgan fingerprint density at radius 2 is 1.46 bits per heavy atom. The third kappa shape index (κ3) is 10.1. The fourth-order valence-corrected chi connectivity index (χ4v) is 5.49. The van der Waals surface area contributed by atoms with E-state index < -0.39 is 53.0 Å². The lowest BCUT2D eigenvalue weighted by Crippen LogP contribution is -2.58. The first-order valence-corrected chi connectivity index (χ1v) is 15.4. The van der Waals surface area contributed by atoms with E-state index in [0.29, 0.717) is 38.1 Å². The molecule has 41 heavy (non-hydrogen) atoms. The summed E-state index contributed by atoms with van der Waals surface area (Å²) < 4.78 is 0. The van der Waals surface area contributed by atoms with Crippen LogP contribution in [-0.4, -0.2) is 66.0 Å². The van der Waals surface area contributed by atoms with Crippen LogP contribution in [0.15, 0.2) is 0 Å². The van der Waals surface area contributed by atoms with Crippen molar-refractivity contribution < 1.29 is 28.8 Å². The number of carbonyl (C=O) groups is 6. The van der Waals surface area contributed by atoms with Crippen LogP contribution in [0.2, 0.25) is 0 Å². The van der Waals surface area contributed by atoms with Crippen molar-refractivity contribution in [2.24, 2.45) is 17.3 Å². The standard InChI is InChI=1S/C30H49N5O6/c1-5-9-21(33-27(39)23(35-29(41)30(2,3)4)16-18-10-7-6-8-11-18)26(38)34-22(17-19-14-15-31-25(19)37)24(36)28(40)32-20-12-13-20/h18-23H,5-17H2,1-4H3,(H,31,37)(H,32,40)(H,33,39)(H,34,38)(H,35,41)/t19-,21-,22-,23+/m0/s1. The van der Waals surface area contributed by atoms with E-state index in [1.807, 2.05) is 6.92 Å². The Balaban J connectivity index is 1.72. The average molecular weight is 576 g/mol. The molecule has 1 aliphatic heterocycles. The number of hydrogen-bond donors (Lipinski definition) is 5. The van der Waals surface area contributed by atoms with E-state index in [2.05, 4.69) is 26.6 Å². The Bertz CT molecular complexity index is 982. The molecule has 4 atom stereocenters. The molecule has 1 heterocycles. The van der Waals surface area contributed by atoms with Crippen molar-refractivity contribution in [1.82, 2.24) is 26.6 Å².